The molecule has 0 aliphatic rings. The Morgan fingerprint density at radius 3 is 2.65 bits per heavy atom. The molecule has 3 nitrogen and oxygen atoms in total. The SMILES string of the molecule is Cc1[nH]c2ccccc2c1CCNC(=S)Nc1ccc(Br)cc1. The maximum Gasteiger partial charge on any atom is 0.170 e. The number of aryl methyl sites for hydroxylation is 1. The highest BCUT2D eigenvalue weighted by Crippen LogP contribution is 2.22. The summed E-state index contributed by atoms with van der Waals surface area (Å²) in [7, 11) is 0. The fraction of sp³-hybridized carbons (Fsp3) is 0.167. The van der Waals surface area contributed by atoms with Gasteiger partial charge in [0.1, 0.15) is 0 Å². The maximum absolute atomic E-state index is 5.35. The fourth-order valence-corrected chi connectivity index (χ4v) is 3.15. The molecule has 0 radical (unpaired) electrons. The molecule has 118 valence electrons. The lowest BCUT2D eigenvalue weighted by molar-refractivity contribution is 0.871. The summed E-state index contributed by atoms with van der Waals surface area (Å²) >= 11 is 8.77. The van der Waals surface area contributed by atoms with Crippen LogP contribution in [0.5, 0.6) is 0 Å². The van der Waals surface area contributed by atoms with Gasteiger partial charge in [-0.15, -0.1) is 0 Å². The van der Waals surface area contributed by atoms with Crippen molar-refractivity contribution in [3.05, 3.63) is 64.3 Å². The molecule has 0 saturated heterocycles. The van der Waals surface area contributed by atoms with Gasteiger partial charge in [-0.2, -0.15) is 0 Å². The second-order valence-corrected chi connectivity index (χ2v) is 6.74. The minimum absolute atomic E-state index is 0.643. The number of halogens is 1. The van der Waals surface area contributed by atoms with Gasteiger partial charge in [0, 0.05) is 33.3 Å². The van der Waals surface area contributed by atoms with Crippen molar-refractivity contribution >= 4 is 49.9 Å². The number of para-hydroxylation sites is 1. The van der Waals surface area contributed by atoms with Crippen molar-refractivity contribution in [2.24, 2.45) is 0 Å². The summed E-state index contributed by atoms with van der Waals surface area (Å²) in [5, 5.41) is 8.40. The minimum Gasteiger partial charge on any atom is -0.362 e. The number of anilines is 1. The summed E-state index contributed by atoms with van der Waals surface area (Å²) in [6.45, 7) is 2.92. The van der Waals surface area contributed by atoms with Crippen LogP contribution in [0, 0.1) is 6.92 Å². The third kappa shape index (κ3) is 3.92. The average Bonchev–Trinajstić information content (AvgIpc) is 2.86. The Morgan fingerprint density at radius 2 is 1.87 bits per heavy atom. The Labute approximate surface area is 149 Å². The molecule has 5 heteroatoms. The van der Waals surface area contributed by atoms with Crippen molar-refractivity contribution < 1.29 is 0 Å². The van der Waals surface area contributed by atoms with Gasteiger partial charge < -0.3 is 15.6 Å². The third-order valence-electron chi connectivity index (χ3n) is 3.79. The van der Waals surface area contributed by atoms with Crippen LogP contribution in [-0.2, 0) is 6.42 Å². The number of hydrogen-bond acceptors (Lipinski definition) is 1. The van der Waals surface area contributed by atoms with E-state index in [-0.39, 0.29) is 0 Å². The van der Waals surface area contributed by atoms with E-state index in [1.807, 2.05) is 24.3 Å². The van der Waals surface area contributed by atoms with Crippen LogP contribution in [0.3, 0.4) is 0 Å². The molecule has 0 fully saturated rings. The number of rotatable bonds is 4. The molecule has 3 N–H and O–H groups in total. The van der Waals surface area contributed by atoms with Crippen LogP contribution in [-0.4, -0.2) is 16.6 Å². The van der Waals surface area contributed by atoms with Gasteiger partial charge in [0.25, 0.3) is 0 Å². The first kappa shape index (κ1) is 16.0. The van der Waals surface area contributed by atoms with Gasteiger partial charge in [0.15, 0.2) is 5.11 Å². The average molecular weight is 388 g/mol. The molecular formula is C18H18BrN3S. The lowest BCUT2D eigenvalue weighted by Gasteiger charge is -2.10. The van der Waals surface area contributed by atoms with Gasteiger partial charge in [-0.3, -0.25) is 0 Å². The van der Waals surface area contributed by atoms with Crippen molar-refractivity contribution in [1.82, 2.24) is 10.3 Å². The van der Waals surface area contributed by atoms with Crippen LogP contribution in [0.1, 0.15) is 11.3 Å². The molecule has 3 rings (SSSR count). The van der Waals surface area contributed by atoms with E-state index in [0.29, 0.717) is 5.11 Å². The Hall–Kier alpha value is -1.85. The summed E-state index contributed by atoms with van der Waals surface area (Å²) in [6, 6.07) is 16.3. The van der Waals surface area contributed by atoms with Crippen LogP contribution >= 0.6 is 28.1 Å². The predicted molar refractivity (Wildman–Crippen MR) is 105 cm³/mol. The lowest BCUT2D eigenvalue weighted by atomic mass is 10.1. The summed E-state index contributed by atoms with van der Waals surface area (Å²) in [5.41, 5.74) is 4.74. The third-order valence-corrected chi connectivity index (χ3v) is 4.56. The zero-order valence-corrected chi connectivity index (χ0v) is 15.2. The molecule has 0 saturated carbocycles. The Kier molecular flexibility index (Phi) is 4.98. The molecule has 0 aliphatic heterocycles. The molecule has 1 heterocycles. The van der Waals surface area contributed by atoms with Crippen molar-refractivity contribution in [1.29, 1.82) is 0 Å². The van der Waals surface area contributed by atoms with Gasteiger partial charge in [0.05, 0.1) is 0 Å². The van der Waals surface area contributed by atoms with Crippen LogP contribution < -0.4 is 10.6 Å². The Balaban J connectivity index is 1.57. The number of benzene rings is 2. The number of H-pyrrole nitrogens is 1. The normalized spacial score (nSPS) is 10.7. The van der Waals surface area contributed by atoms with Crippen LogP contribution in [0.4, 0.5) is 5.69 Å². The first-order valence-electron chi connectivity index (χ1n) is 7.50. The smallest absolute Gasteiger partial charge is 0.170 e. The van der Waals surface area contributed by atoms with Gasteiger partial charge in [-0.05, 0) is 61.5 Å². The zero-order valence-electron chi connectivity index (χ0n) is 12.8. The van der Waals surface area contributed by atoms with E-state index in [1.165, 1.54) is 22.2 Å². The summed E-state index contributed by atoms with van der Waals surface area (Å²) in [4.78, 5) is 3.43. The lowest BCUT2D eigenvalue weighted by Crippen LogP contribution is -2.30. The van der Waals surface area contributed by atoms with Gasteiger partial charge >= 0.3 is 0 Å². The standard InChI is InChI=1S/C18H18BrN3S/c1-12-15(16-4-2-3-5-17(16)21-12)10-11-20-18(23)22-14-8-6-13(19)7-9-14/h2-9,21H,10-11H2,1H3,(H2,20,22,23). The topological polar surface area (TPSA) is 39.9 Å². The van der Waals surface area contributed by atoms with Crippen molar-refractivity contribution in [3.8, 4) is 0 Å². The fourth-order valence-electron chi connectivity index (χ4n) is 2.67. The highest BCUT2D eigenvalue weighted by molar-refractivity contribution is 9.10. The first-order chi connectivity index (χ1) is 11.1. The number of hydrogen-bond donors (Lipinski definition) is 3. The van der Waals surface area contributed by atoms with E-state index in [1.54, 1.807) is 0 Å². The molecule has 0 unspecified atom stereocenters. The van der Waals surface area contributed by atoms with E-state index < -0.39 is 0 Å². The molecule has 2 aromatic carbocycles. The van der Waals surface area contributed by atoms with Crippen molar-refractivity contribution in [3.63, 3.8) is 0 Å². The van der Waals surface area contributed by atoms with Gasteiger partial charge in [-0.1, -0.05) is 34.1 Å². The summed E-state index contributed by atoms with van der Waals surface area (Å²) < 4.78 is 1.05. The van der Waals surface area contributed by atoms with E-state index >= 15 is 0 Å². The number of aromatic nitrogens is 1. The summed E-state index contributed by atoms with van der Waals surface area (Å²) in [5.74, 6) is 0. The van der Waals surface area contributed by atoms with Crippen molar-refractivity contribution in [2.45, 2.75) is 13.3 Å². The largest absolute Gasteiger partial charge is 0.362 e. The number of fused-ring (bicyclic) bond motifs is 1. The number of nitrogens with one attached hydrogen (secondary N) is 3. The molecule has 0 bridgehead atoms. The molecule has 1 aromatic heterocycles. The van der Waals surface area contributed by atoms with E-state index in [4.69, 9.17) is 12.2 Å². The highest BCUT2D eigenvalue weighted by atomic mass is 79.9. The second kappa shape index (κ2) is 7.15. The van der Waals surface area contributed by atoms with Crippen LogP contribution in [0.15, 0.2) is 53.0 Å². The Bertz CT molecular complexity index is 824. The van der Waals surface area contributed by atoms with Gasteiger partial charge in [-0.25, -0.2) is 0 Å². The highest BCUT2D eigenvalue weighted by Gasteiger charge is 2.07. The monoisotopic (exact) mass is 387 g/mol. The maximum atomic E-state index is 5.35. The van der Waals surface area contributed by atoms with E-state index in [2.05, 4.69) is 62.7 Å². The number of aromatic amines is 1. The number of thiocarbonyl (C=S) groups is 1. The predicted octanol–water partition coefficient (Wildman–Crippen LogP) is 4.77. The zero-order chi connectivity index (χ0) is 16.2. The van der Waals surface area contributed by atoms with Crippen LogP contribution in [0.2, 0.25) is 0 Å². The minimum atomic E-state index is 0.643. The molecule has 23 heavy (non-hydrogen) atoms. The second-order valence-electron chi connectivity index (χ2n) is 5.41. The molecule has 3 aromatic rings. The van der Waals surface area contributed by atoms with Crippen LogP contribution in [0.25, 0.3) is 10.9 Å². The molecule has 0 atom stereocenters. The molecule has 0 amide bonds. The molecule has 0 aliphatic carbocycles. The molecular weight excluding hydrogens is 370 g/mol. The molecule has 0 spiro atoms. The van der Waals surface area contributed by atoms with Gasteiger partial charge in [0.2, 0.25) is 0 Å². The summed E-state index contributed by atoms with van der Waals surface area (Å²) in [6.07, 6.45) is 0.929. The van der Waals surface area contributed by atoms with Crippen molar-refractivity contribution in [2.75, 3.05) is 11.9 Å². The first-order valence-corrected chi connectivity index (χ1v) is 8.70. The van der Waals surface area contributed by atoms with E-state index in [9.17, 15) is 0 Å². The Morgan fingerprint density at radius 1 is 1.13 bits per heavy atom. The quantitative estimate of drug-likeness (QED) is 0.564. The van der Waals surface area contributed by atoms with E-state index in [0.717, 1.165) is 23.1 Å².